The predicted octanol–water partition coefficient (Wildman–Crippen LogP) is 4.05. The molecule has 0 aliphatic carbocycles. The zero-order valence-electron chi connectivity index (χ0n) is 17.5. The van der Waals surface area contributed by atoms with E-state index in [4.69, 9.17) is 0 Å². The number of amides is 2. The van der Waals surface area contributed by atoms with Crippen LogP contribution in [0.2, 0.25) is 0 Å². The van der Waals surface area contributed by atoms with Crippen LogP contribution in [0, 0.1) is 6.92 Å². The minimum absolute atomic E-state index is 0.0232. The van der Waals surface area contributed by atoms with Gasteiger partial charge in [0.05, 0.1) is 10.6 Å². The van der Waals surface area contributed by atoms with Gasteiger partial charge in [0.1, 0.15) is 0 Å². The monoisotopic (exact) mass is 515 g/mol. The van der Waals surface area contributed by atoms with Crippen molar-refractivity contribution >= 4 is 43.5 Å². The number of hydrogen-bond acceptors (Lipinski definition) is 4. The van der Waals surface area contributed by atoms with Crippen LogP contribution in [0.4, 0.5) is 5.69 Å². The maximum absolute atomic E-state index is 13.4. The van der Waals surface area contributed by atoms with Crippen molar-refractivity contribution in [2.45, 2.75) is 18.7 Å². The Balaban J connectivity index is 1.82. The van der Waals surface area contributed by atoms with Crippen LogP contribution in [-0.4, -0.2) is 26.8 Å². The fourth-order valence-electron chi connectivity index (χ4n) is 3.08. The number of nitrogens with zero attached hydrogens (tertiary/aromatic N) is 1. The molecule has 0 spiro atoms. The molecule has 3 aromatic rings. The lowest BCUT2D eigenvalue weighted by atomic mass is 10.1. The molecular formula is C23H22BrN3O4S. The molecule has 0 fully saturated rings. The Labute approximate surface area is 195 Å². The predicted molar refractivity (Wildman–Crippen MR) is 127 cm³/mol. The molecule has 0 aliphatic rings. The summed E-state index contributed by atoms with van der Waals surface area (Å²) in [4.78, 5) is 24.8. The summed E-state index contributed by atoms with van der Waals surface area (Å²) in [5, 5.41) is 0. The van der Waals surface area contributed by atoms with E-state index in [-0.39, 0.29) is 17.0 Å². The van der Waals surface area contributed by atoms with Gasteiger partial charge in [0.25, 0.3) is 21.8 Å². The number of benzene rings is 3. The highest BCUT2D eigenvalue weighted by Crippen LogP contribution is 2.26. The highest BCUT2D eigenvalue weighted by Gasteiger charge is 2.26. The van der Waals surface area contributed by atoms with Crippen molar-refractivity contribution in [1.82, 2.24) is 10.9 Å². The fraction of sp³-hybridized carbons (Fsp3) is 0.130. The number of hydrazine groups is 1. The first-order chi connectivity index (χ1) is 15.2. The van der Waals surface area contributed by atoms with Gasteiger partial charge in [0.2, 0.25) is 0 Å². The van der Waals surface area contributed by atoms with Crippen LogP contribution in [0.25, 0.3) is 0 Å². The first-order valence-electron chi connectivity index (χ1n) is 9.78. The maximum atomic E-state index is 13.4. The van der Waals surface area contributed by atoms with Gasteiger partial charge in [-0.1, -0.05) is 40.2 Å². The highest BCUT2D eigenvalue weighted by atomic mass is 79.9. The quantitative estimate of drug-likeness (QED) is 0.484. The second-order valence-corrected chi connectivity index (χ2v) is 9.65. The molecule has 0 aromatic heterocycles. The standard InChI is InChI=1S/C23H22BrN3O4S/c1-3-27(20-7-5-4-6-8-20)32(30,31)21-15-18(10-9-16(21)2)23(29)26-25-22(28)17-11-13-19(24)14-12-17/h4-15H,3H2,1-2H3,(H,25,28)(H,26,29). The van der Waals surface area contributed by atoms with Gasteiger partial charge in [-0.25, -0.2) is 8.42 Å². The number of para-hydroxylation sites is 1. The van der Waals surface area contributed by atoms with Crippen molar-refractivity contribution in [3.05, 3.63) is 94.0 Å². The molecule has 7 nitrogen and oxygen atoms in total. The van der Waals surface area contributed by atoms with E-state index >= 15 is 0 Å². The molecule has 0 heterocycles. The number of sulfonamides is 1. The van der Waals surface area contributed by atoms with Gasteiger partial charge in [0, 0.05) is 22.1 Å². The smallest absolute Gasteiger partial charge is 0.267 e. The van der Waals surface area contributed by atoms with Crippen molar-refractivity contribution in [1.29, 1.82) is 0 Å². The molecule has 0 radical (unpaired) electrons. The van der Waals surface area contributed by atoms with Crippen LogP contribution in [0.15, 0.2) is 82.2 Å². The van der Waals surface area contributed by atoms with Crippen LogP contribution in [0.3, 0.4) is 0 Å². The van der Waals surface area contributed by atoms with E-state index in [9.17, 15) is 18.0 Å². The molecule has 0 saturated heterocycles. The molecule has 9 heteroatoms. The molecule has 0 saturated carbocycles. The fourth-order valence-corrected chi connectivity index (χ4v) is 5.07. The van der Waals surface area contributed by atoms with E-state index in [1.54, 1.807) is 68.4 Å². The van der Waals surface area contributed by atoms with Gasteiger partial charge in [0.15, 0.2) is 0 Å². The van der Waals surface area contributed by atoms with E-state index in [2.05, 4.69) is 26.8 Å². The Morgan fingerprint density at radius 2 is 1.44 bits per heavy atom. The van der Waals surface area contributed by atoms with Crippen LogP contribution < -0.4 is 15.2 Å². The van der Waals surface area contributed by atoms with E-state index < -0.39 is 21.8 Å². The number of nitrogens with one attached hydrogen (secondary N) is 2. The van der Waals surface area contributed by atoms with Crippen molar-refractivity contribution in [2.24, 2.45) is 0 Å². The lowest BCUT2D eigenvalue weighted by molar-refractivity contribution is 0.0846. The molecule has 3 rings (SSSR count). The summed E-state index contributed by atoms with van der Waals surface area (Å²) in [6.07, 6.45) is 0. The number of carbonyl (C=O) groups is 2. The van der Waals surface area contributed by atoms with Gasteiger partial charge in [-0.3, -0.25) is 24.7 Å². The largest absolute Gasteiger partial charge is 0.269 e. The molecule has 0 atom stereocenters. The Bertz CT molecular complexity index is 1230. The van der Waals surface area contributed by atoms with E-state index in [1.807, 2.05) is 6.07 Å². The van der Waals surface area contributed by atoms with Gasteiger partial charge in [-0.05, 0) is 67.9 Å². The number of hydrogen-bond donors (Lipinski definition) is 2. The van der Waals surface area contributed by atoms with Crippen LogP contribution in [-0.2, 0) is 10.0 Å². The molecule has 166 valence electrons. The summed E-state index contributed by atoms with van der Waals surface area (Å²) in [7, 11) is -3.91. The van der Waals surface area contributed by atoms with Gasteiger partial charge in [-0.15, -0.1) is 0 Å². The molecule has 2 N–H and O–H groups in total. The topological polar surface area (TPSA) is 95.6 Å². The second-order valence-electron chi connectivity index (χ2n) is 6.90. The summed E-state index contributed by atoms with van der Waals surface area (Å²) in [6.45, 7) is 3.64. The molecule has 3 aromatic carbocycles. The third-order valence-corrected chi connectivity index (χ3v) is 7.32. The Hall–Kier alpha value is -3.17. The molecule has 0 unspecified atom stereocenters. The minimum atomic E-state index is -3.91. The summed E-state index contributed by atoms with van der Waals surface area (Å²) in [6, 6.07) is 19.8. The number of rotatable bonds is 6. The summed E-state index contributed by atoms with van der Waals surface area (Å²) in [5.41, 5.74) is 6.17. The lowest BCUT2D eigenvalue weighted by Gasteiger charge is -2.24. The van der Waals surface area contributed by atoms with Crippen LogP contribution >= 0.6 is 15.9 Å². The van der Waals surface area contributed by atoms with E-state index in [0.717, 1.165) is 4.47 Å². The Morgan fingerprint density at radius 1 is 0.875 bits per heavy atom. The van der Waals surface area contributed by atoms with Gasteiger partial charge < -0.3 is 0 Å². The third-order valence-electron chi connectivity index (χ3n) is 4.75. The SMILES string of the molecule is CCN(c1ccccc1)S(=O)(=O)c1cc(C(=O)NNC(=O)c2ccc(Br)cc2)ccc1C. The number of halogens is 1. The van der Waals surface area contributed by atoms with Gasteiger partial charge in [-0.2, -0.15) is 0 Å². The number of anilines is 1. The Morgan fingerprint density at radius 3 is 2.03 bits per heavy atom. The third kappa shape index (κ3) is 5.17. The van der Waals surface area contributed by atoms with E-state index in [1.165, 1.54) is 16.4 Å². The molecule has 0 aliphatic heterocycles. The summed E-state index contributed by atoms with van der Waals surface area (Å²) >= 11 is 3.29. The van der Waals surface area contributed by atoms with Crippen molar-refractivity contribution in [2.75, 3.05) is 10.8 Å². The summed E-state index contributed by atoms with van der Waals surface area (Å²) in [5.74, 6) is -1.12. The maximum Gasteiger partial charge on any atom is 0.269 e. The number of carbonyl (C=O) groups excluding carboxylic acids is 2. The zero-order valence-corrected chi connectivity index (χ0v) is 19.9. The average Bonchev–Trinajstić information content (AvgIpc) is 2.79. The van der Waals surface area contributed by atoms with Crippen LogP contribution in [0.5, 0.6) is 0 Å². The first-order valence-corrected chi connectivity index (χ1v) is 12.0. The average molecular weight is 516 g/mol. The highest BCUT2D eigenvalue weighted by molar-refractivity contribution is 9.10. The number of aryl methyl sites for hydroxylation is 1. The molecule has 0 bridgehead atoms. The Kier molecular flexibility index (Phi) is 7.32. The first kappa shape index (κ1) is 23.5. The van der Waals surface area contributed by atoms with Crippen LogP contribution in [0.1, 0.15) is 33.2 Å². The van der Waals surface area contributed by atoms with Gasteiger partial charge >= 0.3 is 0 Å². The van der Waals surface area contributed by atoms with Crippen molar-refractivity contribution in [3.63, 3.8) is 0 Å². The minimum Gasteiger partial charge on any atom is -0.267 e. The zero-order chi connectivity index (χ0) is 23.3. The van der Waals surface area contributed by atoms with Crippen molar-refractivity contribution in [3.8, 4) is 0 Å². The second kappa shape index (κ2) is 9.97. The molecular weight excluding hydrogens is 494 g/mol. The normalized spacial score (nSPS) is 11.0. The van der Waals surface area contributed by atoms with E-state index in [0.29, 0.717) is 16.8 Å². The molecule has 32 heavy (non-hydrogen) atoms. The lowest BCUT2D eigenvalue weighted by Crippen LogP contribution is -2.41. The summed E-state index contributed by atoms with van der Waals surface area (Å²) < 4.78 is 28.8. The van der Waals surface area contributed by atoms with Crippen molar-refractivity contribution < 1.29 is 18.0 Å². The molecule has 2 amide bonds.